The molecular formula is C18H19Cl2N5O. The fraction of sp³-hybridized carbons (Fsp3) is 0.278. The Labute approximate surface area is 161 Å². The molecule has 0 spiro atoms. The second kappa shape index (κ2) is 7.51. The van der Waals surface area contributed by atoms with Crippen LogP contribution < -0.4 is 5.32 Å². The van der Waals surface area contributed by atoms with E-state index in [1.165, 1.54) is 0 Å². The molecule has 0 unspecified atom stereocenters. The van der Waals surface area contributed by atoms with E-state index in [-0.39, 0.29) is 5.91 Å². The number of hydrogen-bond acceptors (Lipinski definition) is 3. The second-order valence-electron chi connectivity index (χ2n) is 5.91. The first-order valence-corrected chi connectivity index (χ1v) is 8.98. The van der Waals surface area contributed by atoms with Crippen molar-refractivity contribution in [2.45, 2.75) is 33.9 Å². The summed E-state index contributed by atoms with van der Waals surface area (Å²) in [7, 11) is 0. The third kappa shape index (κ3) is 3.61. The van der Waals surface area contributed by atoms with Gasteiger partial charge in [0.15, 0.2) is 5.69 Å². The van der Waals surface area contributed by atoms with Gasteiger partial charge in [-0.25, -0.2) is 0 Å². The predicted molar refractivity (Wildman–Crippen MR) is 103 cm³/mol. The minimum atomic E-state index is -0.265. The molecule has 26 heavy (non-hydrogen) atoms. The van der Waals surface area contributed by atoms with Gasteiger partial charge in [0.2, 0.25) is 0 Å². The van der Waals surface area contributed by atoms with Gasteiger partial charge in [0, 0.05) is 28.4 Å². The quantitative estimate of drug-likeness (QED) is 0.703. The number of anilines is 1. The minimum Gasteiger partial charge on any atom is -0.317 e. The number of aryl methyl sites for hydroxylation is 2. The number of amides is 1. The fourth-order valence-corrected chi connectivity index (χ4v) is 3.22. The van der Waals surface area contributed by atoms with Crippen LogP contribution >= 0.6 is 23.2 Å². The summed E-state index contributed by atoms with van der Waals surface area (Å²) in [6.45, 7) is 6.84. The largest absolute Gasteiger partial charge is 0.317 e. The van der Waals surface area contributed by atoms with Crippen molar-refractivity contribution in [3.63, 3.8) is 0 Å². The maximum atomic E-state index is 12.5. The van der Waals surface area contributed by atoms with Gasteiger partial charge in [-0.2, -0.15) is 10.2 Å². The monoisotopic (exact) mass is 391 g/mol. The van der Waals surface area contributed by atoms with Crippen molar-refractivity contribution in [3.05, 3.63) is 63.2 Å². The second-order valence-corrected chi connectivity index (χ2v) is 6.73. The van der Waals surface area contributed by atoms with Gasteiger partial charge in [-0.05, 0) is 39.0 Å². The molecule has 0 fully saturated rings. The van der Waals surface area contributed by atoms with E-state index in [4.69, 9.17) is 23.2 Å². The number of aromatic nitrogens is 4. The predicted octanol–water partition coefficient (Wildman–Crippen LogP) is 4.32. The number of hydrogen-bond donors (Lipinski definition) is 1. The Morgan fingerprint density at radius 2 is 1.85 bits per heavy atom. The summed E-state index contributed by atoms with van der Waals surface area (Å²) >= 11 is 12.5. The molecule has 8 heteroatoms. The molecular weight excluding hydrogens is 373 g/mol. The Balaban J connectivity index is 1.85. The van der Waals surface area contributed by atoms with Gasteiger partial charge in [0.1, 0.15) is 0 Å². The molecule has 1 N–H and O–H groups in total. The molecule has 0 aliphatic heterocycles. The highest BCUT2D eigenvalue weighted by Crippen LogP contribution is 2.27. The zero-order chi connectivity index (χ0) is 18.8. The highest BCUT2D eigenvalue weighted by Gasteiger charge is 2.18. The first kappa shape index (κ1) is 18.5. The van der Waals surface area contributed by atoms with Crippen molar-refractivity contribution >= 4 is 34.8 Å². The summed E-state index contributed by atoms with van der Waals surface area (Å²) in [5, 5.41) is 12.8. The van der Waals surface area contributed by atoms with Crippen molar-refractivity contribution in [1.82, 2.24) is 19.6 Å². The van der Waals surface area contributed by atoms with Crippen molar-refractivity contribution in [1.29, 1.82) is 0 Å². The van der Waals surface area contributed by atoms with Crippen LogP contribution in [0.25, 0.3) is 0 Å². The summed E-state index contributed by atoms with van der Waals surface area (Å²) in [4.78, 5) is 12.5. The lowest BCUT2D eigenvalue weighted by atomic mass is 10.2. The average Bonchev–Trinajstić information content (AvgIpc) is 3.19. The topological polar surface area (TPSA) is 64.7 Å². The van der Waals surface area contributed by atoms with Crippen LogP contribution in [0.1, 0.15) is 34.4 Å². The van der Waals surface area contributed by atoms with E-state index in [2.05, 4.69) is 15.5 Å². The number of benzene rings is 1. The Kier molecular flexibility index (Phi) is 5.34. The molecule has 0 atom stereocenters. The first-order valence-electron chi connectivity index (χ1n) is 8.22. The molecule has 2 heterocycles. The fourth-order valence-electron chi connectivity index (χ4n) is 2.70. The first-order chi connectivity index (χ1) is 12.4. The third-order valence-electron chi connectivity index (χ3n) is 4.19. The van der Waals surface area contributed by atoms with Gasteiger partial charge in [0.25, 0.3) is 5.91 Å². The van der Waals surface area contributed by atoms with Gasteiger partial charge in [0.05, 0.1) is 23.6 Å². The van der Waals surface area contributed by atoms with Crippen LogP contribution in [0.4, 0.5) is 5.69 Å². The van der Waals surface area contributed by atoms with Crippen LogP contribution in [0.2, 0.25) is 10.0 Å². The van der Waals surface area contributed by atoms with Crippen LogP contribution in [-0.4, -0.2) is 25.5 Å². The Morgan fingerprint density at radius 1 is 1.15 bits per heavy atom. The molecule has 0 saturated heterocycles. The summed E-state index contributed by atoms with van der Waals surface area (Å²) in [6, 6.07) is 7.08. The van der Waals surface area contributed by atoms with Gasteiger partial charge >= 0.3 is 0 Å². The number of nitrogens with zero attached hydrogens (tertiary/aromatic N) is 4. The van der Waals surface area contributed by atoms with Gasteiger partial charge in [-0.1, -0.05) is 29.3 Å². The number of carbonyl (C=O) groups is 1. The summed E-state index contributed by atoms with van der Waals surface area (Å²) in [5.74, 6) is -0.265. The highest BCUT2D eigenvalue weighted by molar-refractivity contribution is 6.35. The third-order valence-corrected chi connectivity index (χ3v) is 4.90. The number of halogens is 2. The van der Waals surface area contributed by atoms with Gasteiger partial charge < -0.3 is 5.32 Å². The van der Waals surface area contributed by atoms with E-state index in [9.17, 15) is 4.79 Å². The summed E-state index contributed by atoms with van der Waals surface area (Å²) < 4.78 is 3.49. The molecule has 6 nitrogen and oxygen atoms in total. The van der Waals surface area contributed by atoms with Crippen molar-refractivity contribution in [2.24, 2.45) is 0 Å². The lowest BCUT2D eigenvalue weighted by Crippen LogP contribution is -2.14. The van der Waals surface area contributed by atoms with Crippen LogP contribution in [0.3, 0.4) is 0 Å². The Bertz CT molecular complexity index is 940. The Hall–Kier alpha value is -2.31. The van der Waals surface area contributed by atoms with E-state index in [0.29, 0.717) is 40.2 Å². The van der Waals surface area contributed by atoms with Crippen LogP contribution in [0.5, 0.6) is 0 Å². The molecule has 136 valence electrons. The lowest BCUT2D eigenvalue weighted by molar-refractivity contribution is 0.102. The number of carbonyl (C=O) groups excluding carboxylic acids is 1. The molecule has 1 amide bonds. The molecule has 0 aliphatic rings. The highest BCUT2D eigenvalue weighted by atomic mass is 35.5. The van der Waals surface area contributed by atoms with Gasteiger partial charge in [-0.3, -0.25) is 14.2 Å². The maximum Gasteiger partial charge on any atom is 0.276 e. The standard InChI is InChI=1S/C18H19Cl2N5O/c1-4-24-9-8-16(23-24)18(26)21-17-11(2)22-25(12(17)3)10-13-14(19)6-5-7-15(13)20/h5-9H,4,10H2,1-3H3,(H,21,26). The molecule has 0 saturated carbocycles. The molecule has 1 aromatic carbocycles. The number of rotatable bonds is 5. The molecule has 0 aliphatic carbocycles. The van der Waals surface area contributed by atoms with Crippen molar-refractivity contribution in [2.75, 3.05) is 5.32 Å². The molecule has 3 aromatic rings. The summed E-state index contributed by atoms with van der Waals surface area (Å²) in [5.41, 5.74) is 3.37. The zero-order valence-electron chi connectivity index (χ0n) is 14.8. The van der Waals surface area contributed by atoms with E-state index in [0.717, 1.165) is 11.3 Å². The lowest BCUT2D eigenvalue weighted by Gasteiger charge is -2.09. The normalized spacial score (nSPS) is 11.0. The van der Waals surface area contributed by atoms with E-state index >= 15 is 0 Å². The Morgan fingerprint density at radius 3 is 2.46 bits per heavy atom. The van der Waals surface area contributed by atoms with Crippen LogP contribution in [-0.2, 0) is 13.1 Å². The van der Waals surface area contributed by atoms with E-state index < -0.39 is 0 Å². The van der Waals surface area contributed by atoms with E-state index in [1.54, 1.807) is 39.8 Å². The molecule has 0 radical (unpaired) electrons. The molecule has 0 bridgehead atoms. The van der Waals surface area contributed by atoms with Crippen molar-refractivity contribution < 1.29 is 4.79 Å². The summed E-state index contributed by atoms with van der Waals surface area (Å²) in [6.07, 6.45) is 1.78. The van der Waals surface area contributed by atoms with E-state index in [1.807, 2.05) is 20.8 Å². The average molecular weight is 392 g/mol. The molecule has 3 rings (SSSR count). The number of nitrogens with one attached hydrogen (secondary N) is 1. The molecule has 2 aromatic heterocycles. The SMILES string of the molecule is CCn1ccc(C(=O)Nc2c(C)nn(Cc3c(Cl)cccc3Cl)c2C)n1. The maximum absolute atomic E-state index is 12.5. The van der Waals surface area contributed by atoms with Crippen LogP contribution in [0, 0.1) is 13.8 Å². The minimum absolute atomic E-state index is 0.265. The zero-order valence-corrected chi connectivity index (χ0v) is 16.3. The van der Waals surface area contributed by atoms with Crippen molar-refractivity contribution in [3.8, 4) is 0 Å². The van der Waals surface area contributed by atoms with Crippen LogP contribution in [0.15, 0.2) is 30.5 Å². The smallest absolute Gasteiger partial charge is 0.276 e. The van der Waals surface area contributed by atoms with Gasteiger partial charge in [-0.15, -0.1) is 0 Å².